The lowest BCUT2D eigenvalue weighted by molar-refractivity contribution is -0.310. The molecule has 1 aliphatic rings. The molecule has 1 aromatic rings. The zero-order chi connectivity index (χ0) is 13.3. The Bertz CT molecular complexity index is 504. The van der Waals surface area contributed by atoms with Crippen LogP contribution in [0.5, 0.6) is 0 Å². The Labute approximate surface area is 114 Å². The van der Waals surface area contributed by atoms with Crippen molar-refractivity contribution >= 4 is 35.1 Å². The average molecular weight is 287 g/mol. The van der Waals surface area contributed by atoms with Crippen LogP contribution in [-0.2, 0) is 4.79 Å². The molecule has 0 bridgehead atoms. The maximum Gasteiger partial charge on any atom is 0.254 e. The van der Waals surface area contributed by atoms with Crippen LogP contribution in [0.3, 0.4) is 0 Å². The first kappa shape index (κ1) is 13.2. The number of benzene rings is 1. The maximum absolute atomic E-state index is 12.2. The largest absolute Gasteiger partial charge is 0.548 e. The first-order valence-electron chi connectivity index (χ1n) is 5.47. The topological polar surface area (TPSA) is 60.4 Å². The highest BCUT2D eigenvalue weighted by atomic mass is 35.5. The third kappa shape index (κ3) is 2.44. The molecule has 1 fully saturated rings. The third-order valence-corrected chi connectivity index (χ3v) is 3.69. The molecule has 0 N–H and O–H groups in total. The Morgan fingerprint density at radius 3 is 2.61 bits per heavy atom. The number of halogens is 2. The molecule has 1 heterocycles. The lowest BCUT2D eigenvalue weighted by Crippen LogP contribution is -2.46. The lowest BCUT2D eigenvalue weighted by Gasteiger charge is -2.25. The van der Waals surface area contributed by atoms with Gasteiger partial charge >= 0.3 is 0 Å². The van der Waals surface area contributed by atoms with Gasteiger partial charge in [-0.25, -0.2) is 0 Å². The van der Waals surface area contributed by atoms with Crippen LogP contribution < -0.4 is 5.11 Å². The quantitative estimate of drug-likeness (QED) is 0.825. The second-order valence-electron chi connectivity index (χ2n) is 4.10. The average Bonchev–Trinajstić information content (AvgIpc) is 2.81. The van der Waals surface area contributed by atoms with Gasteiger partial charge in [-0.15, -0.1) is 0 Å². The number of carboxylic acids is 1. The summed E-state index contributed by atoms with van der Waals surface area (Å²) < 4.78 is 0. The second kappa shape index (κ2) is 5.16. The first-order chi connectivity index (χ1) is 8.50. The number of hydrogen-bond acceptors (Lipinski definition) is 3. The fraction of sp³-hybridized carbons (Fsp3) is 0.333. The van der Waals surface area contributed by atoms with Crippen molar-refractivity contribution < 1.29 is 14.7 Å². The second-order valence-corrected chi connectivity index (χ2v) is 4.92. The van der Waals surface area contributed by atoms with E-state index in [0.717, 1.165) is 0 Å². The standard InChI is InChI=1S/C12H11Cl2NO3/c13-8-4-3-7(6-9(8)14)11(16)15-5-1-2-10(15)12(17)18/h3-4,6,10H,1-2,5H2,(H,17,18)/p-1/t10-/m1/s1. The summed E-state index contributed by atoms with van der Waals surface area (Å²) in [4.78, 5) is 24.4. The predicted molar refractivity (Wildman–Crippen MR) is 65.5 cm³/mol. The van der Waals surface area contributed by atoms with Crippen LogP contribution in [0.4, 0.5) is 0 Å². The molecule has 1 aromatic carbocycles. The first-order valence-corrected chi connectivity index (χ1v) is 6.23. The van der Waals surface area contributed by atoms with E-state index >= 15 is 0 Å². The number of amides is 1. The normalized spacial score (nSPS) is 19.0. The lowest BCUT2D eigenvalue weighted by atomic mass is 10.1. The molecule has 0 saturated carbocycles. The molecule has 6 heteroatoms. The minimum atomic E-state index is -1.22. The van der Waals surface area contributed by atoms with E-state index in [1.54, 1.807) is 0 Å². The number of nitrogens with zero attached hydrogens (tertiary/aromatic N) is 1. The van der Waals surface area contributed by atoms with E-state index in [2.05, 4.69) is 0 Å². The van der Waals surface area contributed by atoms with E-state index in [4.69, 9.17) is 23.2 Å². The molecule has 0 radical (unpaired) electrons. The number of rotatable bonds is 2. The molecule has 1 aliphatic heterocycles. The van der Waals surface area contributed by atoms with E-state index in [0.29, 0.717) is 30.0 Å². The van der Waals surface area contributed by atoms with Gasteiger partial charge in [0.25, 0.3) is 5.91 Å². The van der Waals surface area contributed by atoms with Crippen molar-refractivity contribution in [3.05, 3.63) is 33.8 Å². The number of hydrogen-bond donors (Lipinski definition) is 0. The van der Waals surface area contributed by atoms with E-state index in [-0.39, 0.29) is 10.9 Å². The van der Waals surface area contributed by atoms with Crippen LogP contribution in [0, 0.1) is 0 Å². The third-order valence-electron chi connectivity index (χ3n) is 2.95. The monoisotopic (exact) mass is 286 g/mol. The molecule has 0 unspecified atom stereocenters. The fourth-order valence-corrected chi connectivity index (χ4v) is 2.35. The van der Waals surface area contributed by atoms with Gasteiger partial charge in [-0.2, -0.15) is 0 Å². The summed E-state index contributed by atoms with van der Waals surface area (Å²) in [6.07, 6.45) is 1.08. The van der Waals surface area contributed by atoms with E-state index < -0.39 is 12.0 Å². The van der Waals surface area contributed by atoms with Gasteiger partial charge in [0, 0.05) is 12.1 Å². The van der Waals surface area contributed by atoms with E-state index in [1.807, 2.05) is 0 Å². The van der Waals surface area contributed by atoms with Gasteiger partial charge in [0.15, 0.2) is 0 Å². The van der Waals surface area contributed by atoms with Crippen LogP contribution in [0.2, 0.25) is 10.0 Å². The van der Waals surface area contributed by atoms with Gasteiger partial charge in [0.05, 0.1) is 22.1 Å². The van der Waals surface area contributed by atoms with E-state index in [9.17, 15) is 14.7 Å². The van der Waals surface area contributed by atoms with Gasteiger partial charge in [0.1, 0.15) is 0 Å². The predicted octanol–water partition coefficient (Wildman–Crippen LogP) is 1.35. The number of carbonyl (C=O) groups is 2. The summed E-state index contributed by atoms with van der Waals surface area (Å²) in [5.74, 6) is -1.58. The minimum Gasteiger partial charge on any atom is -0.548 e. The number of carbonyl (C=O) groups excluding carboxylic acids is 2. The fourth-order valence-electron chi connectivity index (χ4n) is 2.05. The number of aliphatic carboxylic acids is 1. The molecule has 1 saturated heterocycles. The highest BCUT2D eigenvalue weighted by Crippen LogP contribution is 2.25. The van der Waals surface area contributed by atoms with Crippen molar-refractivity contribution in [3.8, 4) is 0 Å². The van der Waals surface area contributed by atoms with Gasteiger partial charge in [0.2, 0.25) is 0 Å². The molecule has 18 heavy (non-hydrogen) atoms. The van der Waals surface area contributed by atoms with Gasteiger partial charge in [-0.05, 0) is 31.0 Å². The molecule has 4 nitrogen and oxygen atoms in total. The Balaban J connectivity index is 2.25. The minimum absolute atomic E-state index is 0.270. The molecular formula is C12H10Cl2NO3-. The summed E-state index contributed by atoms with van der Waals surface area (Å²) in [6, 6.07) is 3.63. The Kier molecular flexibility index (Phi) is 3.78. The van der Waals surface area contributed by atoms with Gasteiger partial charge in [-0.1, -0.05) is 23.2 Å². The summed E-state index contributed by atoms with van der Waals surface area (Å²) >= 11 is 11.6. The van der Waals surface area contributed by atoms with Crippen molar-refractivity contribution in [3.63, 3.8) is 0 Å². The van der Waals surface area contributed by atoms with Crippen molar-refractivity contribution in [1.29, 1.82) is 0 Å². The zero-order valence-electron chi connectivity index (χ0n) is 9.36. The molecule has 1 amide bonds. The highest BCUT2D eigenvalue weighted by molar-refractivity contribution is 6.42. The summed E-state index contributed by atoms with van der Waals surface area (Å²) in [6.45, 7) is 0.414. The SMILES string of the molecule is O=C([O-])[C@H]1CCCN1C(=O)c1ccc(Cl)c(Cl)c1. The van der Waals surface area contributed by atoms with Crippen molar-refractivity contribution in [2.75, 3.05) is 6.54 Å². The van der Waals surface area contributed by atoms with E-state index in [1.165, 1.54) is 23.1 Å². The summed E-state index contributed by atoms with van der Waals surface area (Å²) in [5.41, 5.74) is 0.331. The molecule has 1 atom stereocenters. The Hall–Kier alpha value is -1.26. The number of carboxylic acid groups (broad SMARTS) is 1. The van der Waals surface area contributed by atoms with Crippen molar-refractivity contribution in [2.24, 2.45) is 0 Å². The summed E-state index contributed by atoms with van der Waals surface area (Å²) in [5, 5.41) is 11.5. The maximum atomic E-state index is 12.2. The van der Waals surface area contributed by atoms with Crippen LogP contribution in [-0.4, -0.2) is 29.4 Å². The highest BCUT2D eigenvalue weighted by Gasteiger charge is 2.30. The molecule has 0 aliphatic carbocycles. The molecule has 0 aromatic heterocycles. The van der Waals surface area contributed by atoms with Crippen LogP contribution in [0.15, 0.2) is 18.2 Å². The number of likely N-dealkylation sites (tertiary alicyclic amines) is 1. The molecule has 2 rings (SSSR count). The van der Waals surface area contributed by atoms with Crippen LogP contribution >= 0.6 is 23.2 Å². The molecule has 96 valence electrons. The Morgan fingerprint density at radius 1 is 1.28 bits per heavy atom. The summed E-state index contributed by atoms with van der Waals surface area (Å²) in [7, 11) is 0. The van der Waals surface area contributed by atoms with Gasteiger partial charge in [-0.3, -0.25) is 4.79 Å². The molecular weight excluding hydrogens is 277 g/mol. The zero-order valence-corrected chi connectivity index (χ0v) is 10.9. The Morgan fingerprint density at radius 2 is 2.00 bits per heavy atom. The van der Waals surface area contributed by atoms with Crippen molar-refractivity contribution in [2.45, 2.75) is 18.9 Å². The smallest absolute Gasteiger partial charge is 0.254 e. The van der Waals surface area contributed by atoms with Crippen molar-refractivity contribution in [1.82, 2.24) is 4.90 Å². The van der Waals surface area contributed by atoms with Crippen LogP contribution in [0.1, 0.15) is 23.2 Å². The molecule has 0 spiro atoms. The van der Waals surface area contributed by atoms with Crippen LogP contribution in [0.25, 0.3) is 0 Å². The van der Waals surface area contributed by atoms with Gasteiger partial charge < -0.3 is 14.8 Å².